The lowest BCUT2D eigenvalue weighted by atomic mass is 10.1. The van der Waals surface area contributed by atoms with Crippen molar-refractivity contribution in [3.8, 4) is 0 Å². The SMILES string of the molecule is CN=C(NCC(C)CN1CCN(C)CC1)N1CCN(c2ccc(F)cc2)CC1.I. The number of hydrogen-bond acceptors (Lipinski definition) is 4. The maximum absolute atomic E-state index is 13.1. The minimum Gasteiger partial charge on any atom is -0.368 e. The third-order valence-electron chi connectivity index (χ3n) is 5.76. The summed E-state index contributed by atoms with van der Waals surface area (Å²) in [5, 5.41) is 3.57. The first-order chi connectivity index (χ1) is 13.5. The summed E-state index contributed by atoms with van der Waals surface area (Å²) in [4.78, 5) is 14.1. The third-order valence-corrected chi connectivity index (χ3v) is 5.76. The Balaban J connectivity index is 0.00000300. The highest BCUT2D eigenvalue weighted by atomic mass is 127. The van der Waals surface area contributed by atoms with Gasteiger partial charge in [0.2, 0.25) is 0 Å². The standard InChI is InChI=1S/C21H35FN6.HI/c1-18(17-26-10-8-25(3)9-11-26)16-24-21(23-2)28-14-12-27(13-15-28)20-6-4-19(22)5-7-20;/h4-7,18H,8-17H2,1-3H3,(H,23,24);1H. The van der Waals surface area contributed by atoms with Crippen LogP contribution in [-0.2, 0) is 0 Å². The summed E-state index contributed by atoms with van der Waals surface area (Å²) in [6, 6.07) is 6.78. The minimum absolute atomic E-state index is 0. The fourth-order valence-corrected chi connectivity index (χ4v) is 3.96. The minimum atomic E-state index is -0.183. The number of guanidine groups is 1. The highest BCUT2D eigenvalue weighted by Gasteiger charge is 2.21. The molecule has 1 unspecified atom stereocenters. The molecule has 2 heterocycles. The van der Waals surface area contributed by atoms with Crippen molar-refractivity contribution in [2.75, 3.05) is 84.4 Å². The molecule has 0 aliphatic carbocycles. The molecule has 2 aliphatic heterocycles. The van der Waals surface area contributed by atoms with Crippen LogP contribution in [0.25, 0.3) is 0 Å². The molecule has 0 radical (unpaired) electrons. The molecule has 2 fully saturated rings. The molecular weight excluding hydrogens is 482 g/mol. The average Bonchev–Trinajstić information content (AvgIpc) is 2.71. The summed E-state index contributed by atoms with van der Waals surface area (Å²) >= 11 is 0. The van der Waals surface area contributed by atoms with E-state index in [1.807, 2.05) is 19.2 Å². The van der Waals surface area contributed by atoms with Crippen LogP contribution >= 0.6 is 24.0 Å². The Morgan fingerprint density at radius 3 is 2.24 bits per heavy atom. The largest absolute Gasteiger partial charge is 0.368 e. The highest BCUT2D eigenvalue weighted by Crippen LogP contribution is 2.17. The van der Waals surface area contributed by atoms with Crippen molar-refractivity contribution < 1.29 is 4.39 Å². The summed E-state index contributed by atoms with van der Waals surface area (Å²) in [6.45, 7) is 12.7. The van der Waals surface area contributed by atoms with Gasteiger partial charge < -0.3 is 24.9 Å². The van der Waals surface area contributed by atoms with Crippen LogP contribution in [0.5, 0.6) is 0 Å². The quantitative estimate of drug-likeness (QED) is 0.367. The number of hydrogen-bond donors (Lipinski definition) is 1. The van der Waals surface area contributed by atoms with E-state index in [1.165, 1.54) is 38.3 Å². The van der Waals surface area contributed by atoms with Crippen molar-refractivity contribution in [2.24, 2.45) is 10.9 Å². The first-order valence-electron chi connectivity index (χ1n) is 10.4. The molecule has 1 atom stereocenters. The van der Waals surface area contributed by atoms with Crippen LogP contribution in [0.3, 0.4) is 0 Å². The van der Waals surface area contributed by atoms with Gasteiger partial charge in [0.25, 0.3) is 0 Å². The zero-order valence-electron chi connectivity index (χ0n) is 18.0. The number of likely N-dealkylation sites (N-methyl/N-ethyl adjacent to an activating group) is 1. The van der Waals surface area contributed by atoms with Gasteiger partial charge in [0, 0.05) is 78.2 Å². The van der Waals surface area contributed by atoms with Gasteiger partial charge in [-0.15, -0.1) is 24.0 Å². The molecule has 29 heavy (non-hydrogen) atoms. The Hall–Kier alpha value is -1.13. The maximum Gasteiger partial charge on any atom is 0.193 e. The summed E-state index contributed by atoms with van der Waals surface area (Å²) in [7, 11) is 4.06. The molecule has 6 nitrogen and oxygen atoms in total. The summed E-state index contributed by atoms with van der Waals surface area (Å²) < 4.78 is 13.1. The first-order valence-corrected chi connectivity index (χ1v) is 10.4. The molecule has 2 aliphatic rings. The molecule has 1 aromatic carbocycles. The van der Waals surface area contributed by atoms with E-state index >= 15 is 0 Å². The van der Waals surface area contributed by atoms with E-state index in [0.29, 0.717) is 5.92 Å². The number of halogens is 2. The number of nitrogens with one attached hydrogen (secondary N) is 1. The third kappa shape index (κ3) is 7.25. The topological polar surface area (TPSA) is 37.4 Å². The zero-order valence-corrected chi connectivity index (χ0v) is 20.3. The molecule has 1 aromatic rings. The molecule has 8 heteroatoms. The Bertz CT molecular complexity index is 625. The van der Waals surface area contributed by atoms with E-state index in [0.717, 1.165) is 50.9 Å². The second-order valence-corrected chi connectivity index (χ2v) is 8.09. The van der Waals surface area contributed by atoms with E-state index in [9.17, 15) is 4.39 Å². The van der Waals surface area contributed by atoms with Crippen molar-refractivity contribution in [3.63, 3.8) is 0 Å². The first kappa shape index (κ1) is 24.1. The summed E-state index contributed by atoms with van der Waals surface area (Å²) in [6.07, 6.45) is 0. The Kier molecular flexibility index (Phi) is 9.91. The Morgan fingerprint density at radius 2 is 1.66 bits per heavy atom. The van der Waals surface area contributed by atoms with Gasteiger partial charge in [-0.1, -0.05) is 6.92 Å². The average molecular weight is 518 g/mol. The Labute approximate surface area is 192 Å². The van der Waals surface area contributed by atoms with Crippen LogP contribution in [-0.4, -0.2) is 100 Å². The number of aliphatic imine (C=N–C) groups is 1. The van der Waals surface area contributed by atoms with Gasteiger partial charge in [0.1, 0.15) is 5.82 Å². The van der Waals surface area contributed by atoms with Crippen molar-refractivity contribution in [1.82, 2.24) is 20.0 Å². The number of piperazine rings is 2. The molecule has 0 saturated carbocycles. The lowest BCUT2D eigenvalue weighted by molar-refractivity contribution is 0.139. The zero-order chi connectivity index (χ0) is 19.9. The van der Waals surface area contributed by atoms with E-state index in [2.05, 4.69) is 43.9 Å². The van der Waals surface area contributed by atoms with Crippen LogP contribution in [0.15, 0.2) is 29.3 Å². The summed E-state index contributed by atoms with van der Waals surface area (Å²) in [5.74, 6) is 1.39. The molecule has 3 rings (SSSR count). The molecule has 0 spiro atoms. The molecule has 2 saturated heterocycles. The molecule has 164 valence electrons. The van der Waals surface area contributed by atoms with Gasteiger partial charge in [-0.2, -0.15) is 0 Å². The van der Waals surface area contributed by atoms with Crippen LogP contribution < -0.4 is 10.2 Å². The summed E-state index contributed by atoms with van der Waals surface area (Å²) in [5.41, 5.74) is 1.09. The van der Waals surface area contributed by atoms with Gasteiger partial charge in [-0.05, 0) is 37.2 Å². The van der Waals surface area contributed by atoms with E-state index in [-0.39, 0.29) is 29.8 Å². The predicted molar refractivity (Wildman–Crippen MR) is 130 cm³/mol. The monoisotopic (exact) mass is 518 g/mol. The molecule has 1 N–H and O–H groups in total. The lowest BCUT2D eigenvalue weighted by Gasteiger charge is -2.38. The second kappa shape index (κ2) is 11.9. The fourth-order valence-electron chi connectivity index (χ4n) is 3.96. The number of nitrogens with zero attached hydrogens (tertiary/aromatic N) is 5. The van der Waals surface area contributed by atoms with Crippen LogP contribution in [0.2, 0.25) is 0 Å². The highest BCUT2D eigenvalue weighted by molar-refractivity contribution is 14.0. The molecular formula is C21H36FIN6. The fraction of sp³-hybridized carbons (Fsp3) is 0.667. The van der Waals surface area contributed by atoms with Crippen molar-refractivity contribution in [3.05, 3.63) is 30.1 Å². The van der Waals surface area contributed by atoms with E-state index in [4.69, 9.17) is 0 Å². The van der Waals surface area contributed by atoms with Crippen molar-refractivity contribution in [1.29, 1.82) is 0 Å². The molecule has 0 amide bonds. The van der Waals surface area contributed by atoms with Gasteiger partial charge in [-0.3, -0.25) is 4.99 Å². The van der Waals surface area contributed by atoms with Gasteiger partial charge in [0.15, 0.2) is 5.96 Å². The number of anilines is 1. The van der Waals surface area contributed by atoms with Crippen molar-refractivity contribution >= 4 is 35.6 Å². The van der Waals surface area contributed by atoms with Gasteiger partial charge in [-0.25, -0.2) is 4.39 Å². The van der Waals surface area contributed by atoms with E-state index in [1.54, 1.807) is 0 Å². The van der Waals surface area contributed by atoms with Gasteiger partial charge in [0.05, 0.1) is 0 Å². The Morgan fingerprint density at radius 1 is 1.03 bits per heavy atom. The van der Waals surface area contributed by atoms with Crippen molar-refractivity contribution in [2.45, 2.75) is 6.92 Å². The molecule has 0 aromatic heterocycles. The van der Waals surface area contributed by atoms with Crippen LogP contribution in [0.4, 0.5) is 10.1 Å². The number of benzene rings is 1. The molecule has 0 bridgehead atoms. The van der Waals surface area contributed by atoms with E-state index < -0.39 is 0 Å². The second-order valence-electron chi connectivity index (χ2n) is 8.09. The normalized spacial score (nSPS) is 20.3. The maximum atomic E-state index is 13.1. The van der Waals surface area contributed by atoms with Crippen LogP contribution in [0.1, 0.15) is 6.92 Å². The number of rotatable bonds is 5. The lowest BCUT2D eigenvalue weighted by Crippen LogP contribution is -2.53. The smallest absolute Gasteiger partial charge is 0.193 e. The predicted octanol–water partition coefficient (Wildman–Crippen LogP) is 2.02. The van der Waals surface area contributed by atoms with Gasteiger partial charge >= 0.3 is 0 Å². The van der Waals surface area contributed by atoms with Crippen LogP contribution in [0, 0.1) is 11.7 Å².